The SMILES string of the molecule is C[C@]12CC[C@H]3[C@]4(C=C[C@@]5(C=C4C(=O)c4ccc(-c6ccccc6)cc4)CC(O)CC[C@]35C)[C@@H]1CC[C@@]2(O)CN(Cc1ccccc1)C(=O)Oc1ccc2ccccc2c1. The molecule has 0 saturated heterocycles. The number of amides is 1. The summed E-state index contributed by atoms with van der Waals surface area (Å²) < 4.78 is 6.12. The van der Waals surface area contributed by atoms with E-state index in [2.05, 4.69) is 44.2 Å². The highest BCUT2D eigenvalue weighted by molar-refractivity contribution is 6.10. The normalized spacial score (nSPS) is 32.7. The van der Waals surface area contributed by atoms with Crippen LogP contribution in [0.5, 0.6) is 5.75 Å². The molecule has 3 fully saturated rings. The van der Waals surface area contributed by atoms with Gasteiger partial charge in [-0.2, -0.15) is 0 Å². The average Bonchev–Trinajstić information content (AvgIpc) is 3.53. The number of hydrogen-bond acceptors (Lipinski definition) is 5. The van der Waals surface area contributed by atoms with E-state index in [1.54, 1.807) is 4.90 Å². The molecule has 0 heterocycles. The van der Waals surface area contributed by atoms with Gasteiger partial charge in [0.25, 0.3) is 0 Å². The summed E-state index contributed by atoms with van der Waals surface area (Å²) in [6.45, 7) is 5.02. The summed E-state index contributed by atoms with van der Waals surface area (Å²) in [5, 5.41) is 26.5. The summed E-state index contributed by atoms with van der Waals surface area (Å²) in [5.41, 5.74) is 1.55. The number of rotatable bonds is 8. The van der Waals surface area contributed by atoms with Gasteiger partial charge >= 0.3 is 6.09 Å². The Labute approximate surface area is 347 Å². The fraction of sp³-hybridized carbons (Fsp3) is 0.358. The van der Waals surface area contributed by atoms with Gasteiger partial charge in [0.1, 0.15) is 5.75 Å². The van der Waals surface area contributed by atoms with Gasteiger partial charge < -0.3 is 19.8 Å². The zero-order valence-electron chi connectivity index (χ0n) is 34.0. The molecular weight excluding hydrogens is 731 g/mol. The maximum absolute atomic E-state index is 15.2. The van der Waals surface area contributed by atoms with E-state index in [9.17, 15) is 15.0 Å². The van der Waals surface area contributed by atoms with Crippen molar-refractivity contribution in [1.82, 2.24) is 4.90 Å². The van der Waals surface area contributed by atoms with Crippen LogP contribution in [0.2, 0.25) is 0 Å². The van der Waals surface area contributed by atoms with Crippen LogP contribution in [0, 0.1) is 33.5 Å². The summed E-state index contributed by atoms with van der Waals surface area (Å²) in [6, 6.07) is 41.8. The summed E-state index contributed by atoms with van der Waals surface area (Å²) in [6.07, 6.45) is 11.1. The molecule has 3 saturated carbocycles. The molecule has 1 unspecified atom stereocenters. The van der Waals surface area contributed by atoms with E-state index in [1.165, 1.54) is 0 Å². The van der Waals surface area contributed by atoms with E-state index in [1.807, 2.05) is 115 Å². The number of benzene rings is 5. The molecule has 6 nitrogen and oxygen atoms in total. The number of allylic oxidation sites excluding steroid dienone is 4. The fourth-order valence-electron chi connectivity index (χ4n) is 12.9. The molecule has 0 radical (unpaired) electrons. The molecule has 6 aliphatic carbocycles. The summed E-state index contributed by atoms with van der Waals surface area (Å²) >= 11 is 0. The number of aliphatic hydroxyl groups is 2. The first-order valence-corrected chi connectivity index (χ1v) is 21.5. The van der Waals surface area contributed by atoms with Crippen LogP contribution in [0.1, 0.15) is 74.7 Å². The Hall–Kier alpha value is -5.30. The van der Waals surface area contributed by atoms with Crippen LogP contribution in [0.3, 0.4) is 0 Å². The molecule has 8 atom stereocenters. The average molecular weight is 784 g/mol. The predicted molar refractivity (Wildman–Crippen MR) is 232 cm³/mol. The first-order chi connectivity index (χ1) is 28.5. The van der Waals surface area contributed by atoms with Gasteiger partial charge in [-0.05, 0) is 102 Å². The van der Waals surface area contributed by atoms with Gasteiger partial charge in [0.15, 0.2) is 5.78 Å². The van der Waals surface area contributed by atoms with Gasteiger partial charge in [0.2, 0.25) is 0 Å². The number of fused-ring (bicyclic) bond motifs is 2. The molecule has 5 aromatic carbocycles. The van der Waals surface area contributed by atoms with Crippen molar-refractivity contribution in [1.29, 1.82) is 0 Å². The van der Waals surface area contributed by atoms with Crippen LogP contribution in [0.15, 0.2) is 151 Å². The molecule has 300 valence electrons. The monoisotopic (exact) mass is 783 g/mol. The van der Waals surface area contributed by atoms with E-state index in [-0.39, 0.29) is 36.1 Å². The Kier molecular flexibility index (Phi) is 8.93. The number of Topliss-reactive ketones (excluding diaryl/α,β-unsaturated/α-hetero) is 1. The molecule has 2 spiro atoms. The lowest BCUT2D eigenvalue weighted by Crippen LogP contribution is -2.67. The fourth-order valence-corrected chi connectivity index (χ4v) is 12.9. The Balaban J connectivity index is 1.02. The van der Waals surface area contributed by atoms with Crippen molar-refractivity contribution in [3.63, 3.8) is 0 Å². The molecule has 6 heteroatoms. The van der Waals surface area contributed by atoms with Crippen LogP contribution in [-0.4, -0.2) is 45.2 Å². The molecule has 1 amide bonds. The topological polar surface area (TPSA) is 87.1 Å². The minimum atomic E-state index is -1.25. The van der Waals surface area contributed by atoms with Gasteiger partial charge in [-0.15, -0.1) is 0 Å². The summed E-state index contributed by atoms with van der Waals surface area (Å²) in [5.74, 6) is 0.608. The van der Waals surface area contributed by atoms with Crippen molar-refractivity contribution in [3.05, 3.63) is 162 Å². The van der Waals surface area contributed by atoms with Crippen LogP contribution in [-0.2, 0) is 6.54 Å². The molecule has 2 bridgehead atoms. The second-order valence-corrected chi connectivity index (χ2v) is 18.8. The maximum Gasteiger partial charge on any atom is 0.415 e. The van der Waals surface area contributed by atoms with Crippen LogP contribution >= 0.6 is 0 Å². The standard InChI is InChI=1S/C53H53NO5/c1-49-26-23-42(55)32-51(49)29-30-53(44(33-51)47(56)40-19-17-39(18-20-40)37-13-7-4-8-14-37)45(49)24-27-50(2)46(53)25-28-52(50,58)35-54(34-36-11-5-3-6-12-36)48(57)59-43-22-21-38-15-9-10-16-41(38)31-43/h3-22,29-31,33,42,45-46,55,58H,23-28,32,34-35H2,1-2H3/t42?,45-,46-,49-,50+,51+,52-,53-/m1/s1. The van der Waals surface area contributed by atoms with Crippen LogP contribution in [0.4, 0.5) is 4.79 Å². The molecule has 6 aliphatic rings. The largest absolute Gasteiger partial charge is 0.415 e. The van der Waals surface area contributed by atoms with Gasteiger partial charge in [-0.3, -0.25) is 4.79 Å². The number of carbonyl (C=O) groups is 2. The van der Waals surface area contributed by atoms with Crippen molar-refractivity contribution in [2.24, 2.45) is 33.5 Å². The number of hydrogen-bond donors (Lipinski definition) is 2. The number of ether oxygens (including phenoxy) is 1. The Morgan fingerprint density at radius 1 is 0.712 bits per heavy atom. The zero-order valence-corrected chi connectivity index (χ0v) is 34.0. The highest BCUT2D eigenvalue weighted by Crippen LogP contribution is 2.78. The van der Waals surface area contributed by atoms with E-state index < -0.39 is 34.0 Å². The molecule has 11 rings (SSSR count). The van der Waals surface area contributed by atoms with E-state index >= 15 is 4.79 Å². The Morgan fingerprint density at radius 3 is 2.12 bits per heavy atom. The molecule has 2 N–H and O–H groups in total. The first-order valence-electron chi connectivity index (χ1n) is 21.5. The summed E-state index contributed by atoms with van der Waals surface area (Å²) in [4.78, 5) is 31.3. The van der Waals surface area contributed by atoms with Crippen molar-refractivity contribution in [2.75, 3.05) is 6.54 Å². The third kappa shape index (κ3) is 5.81. The molecule has 0 aliphatic heterocycles. The van der Waals surface area contributed by atoms with Crippen molar-refractivity contribution >= 4 is 22.6 Å². The second-order valence-electron chi connectivity index (χ2n) is 18.8. The van der Waals surface area contributed by atoms with E-state index in [0.29, 0.717) is 24.2 Å². The first kappa shape index (κ1) is 37.9. The van der Waals surface area contributed by atoms with Gasteiger partial charge in [-0.25, -0.2) is 4.79 Å². The smallest absolute Gasteiger partial charge is 0.410 e. The van der Waals surface area contributed by atoms with Crippen molar-refractivity contribution < 1.29 is 24.5 Å². The Bertz CT molecular complexity index is 2500. The summed E-state index contributed by atoms with van der Waals surface area (Å²) in [7, 11) is 0. The van der Waals surface area contributed by atoms with E-state index in [0.717, 1.165) is 65.1 Å². The predicted octanol–water partition coefficient (Wildman–Crippen LogP) is 11.0. The van der Waals surface area contributed by atoms with Crippen molar-refractivity contribution in [2.45, 2.75) is 77.0 Å². The third-order valence-electron chi connectivity index (χ3n) is 16.1. The number of carbonyl (C=O) groups excluding carboxylic acids is 2. The molecule has 5 aromatic rings. The van der Waals surface area contributed by atoms with E-state index in [4.69, 9.17) is 4.74 Å². The van der Waals surface area contributed by atoms with Crippen LogP contribution in [0.25, 0.3) is 21.9 Å². The molecular formula is C53H53NO5. The highest BCUT2D eigenvalue weighted by Gasteiger charge is 2.74. The van der Waals surface area contributed by atoms with Gasteiger partial charge in [0, 0.05) is 33.9 Å². The lowest BCUT2D eigenvalue weighted by molar-refractivity contribution is -0.175. The number of aliphatic hydroxyl groups excluding tert-OH is 1. The highest BCUT2D eigenvalue weighted by atomic mass is 16.6. The third-order valence-corrected chi connectivity index (χ3v) is 16.1. The molecule has 0 aromatic heterocycles. The second kappa shape index (κ2) is 13.9. The minimum absolute atomic E-state index is 0.0322. The van der Waals surface area contributed by atoms with Gasteiger partial charge in [0.05, 0.1) is 18.2 Å². The maximum atomic E-state index is 15.2. The number of ketones is 1. The number of nitrogens with zero attached hydrogens (tertiary/aromatic N) is 1. The quantitative estimate of drug-likeness (QED) is 0.121. The molecule has 59 heavy (non-hydrogen) atoms. The lowest BCUT2D eigenvalue weighted by Gasteiger charge is -2.71. The Morgan fingerprint density at radius 2 is 1.36 bits per heavy atom. The lowest BCUT2D eigenvalue weighted by atomic mass is 9.32. The van der Waals surface area contributed by atoms with Crippen molar-refractivity contribution in [3.8, 4) is 16.9 Å². The zero-order chi connectivity index (χ0) is 40.6. The minimum Gasteiger partial charge on any atom is -0.410 e. The van der Waals surface area contributed by atoms with Gasteiger partial charge in [-0.1, -0.05) is 147 Å². The van der Waals surface area contributed by atoms with Crippen LogP contribution < -0.4 is 4.74 Å².